The second-order valence-corrected chi connectivity index (χ2v) is 9.49. The van der Waals surface area contributed by atoms with E-state index in [1.807, 2.05) is 54.6 Å². The number of para-hydroxylation sites is 1. The van der Waals surface area contributed by atoms with Gasteiger partial charge in [-0.3, -0.25) is 9.10 Å². The number of nitrogens with zero attached hydrogens (tertiary/aromatic N) is 2. The van der Waals surface area contributed by atoms with Crippen molar-refractivity contribution in [1.29, 1.82) is 0 Å². The number of hydrazone groups is 1. The van der Waals surface area contributed by atoms with Crippen molar-refractivity contribution in [2.45, 2.75) is 6.92 Å². The van der Waals surface area contributed by atoms with Gasteiger partial charge >= 0.3 is 0 Å². The summed E-state index contributed by atoms with van der Waals surface area (Å²) in [6, 6.07) is 25.1. The third-order valence-corrected chi connectivity index (χ3v) is 6.39. The Bertz CT molecular complexity index is 1390. The highest BCUT2D eigenvalue weighted by molar-refractivity contribution is 7.92. The standard InChI is InChI=1S/C25H23N3O3S/c1-18-9-3-8-14-24(18)28(32(2,30)31)17-25(29)27-26-16-23-21-12-6-4-10-19(21)15-20-11-5-7-13-22(20)23/h3-16H,17H2,1-2H3,(H,27,29)/b26-16-. The van der Waals surface area contributed by atoms with Crippen LogP contribution in [0.25, 0.3) is 21.5 Å². The molecule has 0 aliphatic rings. The zero-order chi connectivity index (χ0) is 22.7. The lowest BCUT2D eigenvalue weighted by molar-refractivity contribution is -0.119. The molecule has 0 atom stereocenters. The van der Waals surface area contributed by atoms with Gasteiger partial charge in [0.25, 0.3) is 5.91 Å². The Kier molecular flexibility index (Phi) is 5.92. The molecule has 4 aromatic rings. The molecule has 1 amide bonds. The van der Waals surface area contributed by atoms with Crippen LogP contribution in [0, 0.1) is 6.92 Å². The maximum Gasteiger partial charge on any atom is 0.260 e. The topological polar surface area (TPSA) is 78.8 Å². The molecule has 6 nitrogen and oxygen atoms in total. The fourth-order valence-corrected chi connectivity index (χ4v) is 4.66. The summed E-state index contributed by atoms with van der Waals surface area (Å²) >= 11 is 0. The summed E-state index contributed by atoms with van der Waals surface area (Å²) < 4.78 is 25.7. The first-order chi connectivity index (χ1) is 15.3. The van der Waals surface area contributed by atoms with Gasteiger partial charge in [-0.1, -0.05) is 66.7 Å². The van der Waals surface area contributed by atoms with E-state index in [4.69, 9.17) is 0 Å². The third kappa shape index (κ3) is 4.48. The van der Waals surface area contributed by atoms with Crippen LogP contribution in [0.4, 0.5) is 5.69 Å². The Morgan fingerprint density at radius 2 is 1.50 bits per heavy atom. The minimum atomic E-state index is -3.65. The molecule has 0 radical (unpaired) electrons. The number of carbonyl (C=O) groups excluding carboxylic acids is 1. The molecule has 1 N–H and O–H groups in total. The molecule has 0 fully saturated rings. The van der Waals surface area contributed by atoms with Crippen molar-refractivity contribution < 1.29 is 13.2 Å². The van der Waals surface area contributed by atoms with Gasteiger partial charge in [0.2, 0.25) is 10.0 Å². The van der Waals surface area contributed by atoms with E-state index in [1.165, 1.54) is 0 Å². The van der Waals surface area contributed by atoms with Gasteiger partial charge in [-0.25, -0.2) is 13.8 Å². The number of fused-ring (bicyclic) bond motifs is 2. The van der Waals surface area contributed by atoms with E-state index in [0.29, 0.717) is 5.69 Å². The second-order valence-electron chi connectivity index (χ2n) is 7.58. The minimum Gasteiger partial charge on any atom is -0.271 e. The van der Waals surface area contributed by atoms with E-state index in [-0.39, 0.29) is 6.54 Å². The minimum absolute atomic E-state index is 0.364. The number of carbonyl (C=O) groups is 1. The average molecular weight is 446 g/mol. The molecule has 162 valence electrons. The highest BCUT2D eigenvalue weighted by Gasteiger charge is 2.22. The second kappa shape index (κ2) is 8.80. The van der Waals surface area contributed by atoms with Crippen LogP contribution in [-0.2, 0) is 14.8 Å². The van der Waals surface area contributed by atoms with Crippen LogP contribution in [-0.4, -0.2) is 33.3 Å². The molecule has 4 rings (SSSR count). The number of aryl methyl sites for hydroxylation is 1. The molecule has 0 bridgehead atoms. The van der Waals surface area contributed by atoms with Gasteiger partial charge < -0.3 is 0 Å². The molecule has 0 aliphatic heterocycles. The molecule has 0 heterocycles. The predicted molar refractivity (Wildman–Crippen MR) is 131 cm³/mol. The van der Waals surface area contributed by atoms with Gasteiger partial charge in [0.05, 0.1) is 18.2 Å². The van der Waals surface area contributed by atoms with E-state index in [0.717, 1.165) is 43.2 Å². The summed E-state index contributed by atoms with van der Waals surface area (Å²) in [4.78, 5) is 12.6. The molecule has 0 aliphatic carbocycles. The summed E-state index contributed by atoms with van der Waals surface area (Å²) in [5.74, 6) is -0.528. The van der Waals surface area contributed by atoms with Gasteiger partial charge in [-0.05, 0) is 46.2 Å². The van der Waals surface area contributed by atoms with Gasteiger partial charge in [0.1, 0.15) is 6.54 Å². The summed E-state index contributed by atoms with van der Waals surface area (Å²) in [6.45, 7) is 1.44. The number of amides is 1. The summed E-state index contributed by atoms with van der Waals surface area (Å²) in [6.07, 6.45) is 2.69. The molecule has 4 aromatic carbocycles. The van der Waals surface area contributed by atoms with Crippen molar-refractivity contribution in [1.82, 2.24) is 5.43 Å². The van der Waals surface area contributed by atoms with Gasteiger partial charge in [-0.2, -0.15) is 5.10 Å². The van der Waals surface area contributed by atoms with E-state index < -0.39 is 15.9 Å². The van der Waals surface area contributed by atoms with Crippen LogP contribution in [0.15, 0.2) is 84.0 Å². The van der Waals surface area contributed by atoms with Crippen LogP contribution in [0.5, 0.6) is 0 Å². The summed E-state index contributed by atoms with van der Waals surface area (Å²) in [5.41, 5.74) is 4.59. The van der Waals surface area contributed by atoms with E-state index in [2.05, 4.69) is 16.6 Å². The molecule has 0 saturated carbocycles. The molecule has 0 saturated heterocycles. The van der Waals surface area contributed by atoms with Crippen LogP contribution < -0.4 is 9.73 Å². The Balaban J connectivity index is 1.61. The zero-order valence-electron chi connectivity index (χ0n) is 17.8. The summed E-state index contributed by atoms with van der Waals surface area (Å²) in [5, 5.41) is 8.32. The Hall–Kier alpha value is -3.71. The number of rotatable bonds is 6. The monoisotopic (exact) mass is 445 g/mol. The van der Waals surface area contributed by atoms with E-state index in [1.54, 1.807) is 31.3 Å². The van der Waals surface area contributed by atoms with Crippen molar-refractivity contribution in [2.24, 2.45) is 5.10 Å². The van der Waals surface area contributed by atoms with Gasteiger partial charge in [0.15, 0.2) is 0 Å². The molecule has 32 heavy (non-hydrogen) atoms. The molecule has 0 spiro atoms. The molecular weight excluding hydrogens is 422 g/mol. The fraction of sp³-hybridized carbons (Fsp3) is 0.120. The van der Waals surface area contributed by atoms with Crippen LogP contribution in [0.1, 0.15) is 11.1 Å². The molecule has 0 unspecified atom stereocenters. The molecule has 0 aromatic heterocycles. The largest absolute Gasteiger partial charge is 0.271 e. The van der Waals surface area contributed by atoms with Crippen molar-refractivity contribution in [2.75, 3.05) is 17.1 Å². The van der Waals surface area contributed by atoms with Gasteiger partial charge in [0, 0.05) is 5.56 Å². The lowest BCUT2D eigenvalue weighted by Gasteiger charge is -2.23. The first-order valence-corrected chi connectivity index (χ1v) is 11.9. The summed E-state index contributed by atoms with van der Waals surface area (Å²) in [7, 11) is -3.65. The number of benzene rings is 4. The lowest BCUT2D eigenvalue weighted by atomic mass is 9.97. The molecular formula is C25H23N3O3S. The highest BCUT2D eigenvalue weighted by Crippen LogP contribution is 2.27. The first kappa shape index (κ1) is 21.5. The quantitative estimate of drug-likeness (QED) is 0.274. The number of hydrogen-bond acceptors (Lipinski definition) is 4. The SMILES string of the molecule is Cc1ccccc1N(CC(=O)N/N=C\c1c2ccccc2cc2ccccc12)S(C)(=O)=O. The third-order valence-electron chi connectivity index (χ3n) is 5.27. The predicted octanol–water partition coefficient (Wildman–Crippen LogP) is 4.22. The highest BCUT2D eigenvalue weighted by atomic mass is 32.2. The number of sulfonamides is 1. The van der Waals surface area contributed by atoms with Crippen molar-refractivity contribution in [3.8, 4) is 0 Å². The zero-order valence-corrected chi connectivity index (χ0v) is 18.6. The average Bonchev–Trinajstić information content (AvgIpc) is 2.77. The Morgan fingerprint density at radius 3 is 2.09 bits per heavy atom. The van der Waals surface area contributed by atoms with Crippen molar-refractivity contribution >= 4 is 49.4 Å². The van der Waals surface area contributed by atoms with E-state index >= 15 is 0 Å². The number of nitrogens with one attached hydrogen (secondary N) is 1. The molecule has 7 heteroatoms. The first-order valence-electron chi connectivity index (χ1n) is 10.1. The van der Waals surface area contributed by atoms with Crippen molar-refractivity contribution in [3.63, 3.8) is 0 Å². The number of hydrogen-bond donors (Lipinski definition) is 1. The lowest BCUT2D eigenvalue weighted by Crippen LogP contribution is -2.39. The van der Waals surface area contributed by atoms with Crippen molar-refractivity contribution in [3.05, 3.63) is 90.0 Å². The van der Waals surface area contributed by atoms with Crippen LogP contribution in [0.3, 0.4) is 0 Å². The van der Waals surface area contributed by atoms with Crippen LogP contribution >= 0.6 is 0 Å². The normalized spacial score (nSPS) is 11.8. The van der Waals surface area contributed by atoms with Crippen LogP contribution in [0.2, 0.25) is 0 Å². The Morgan fingerprint density at radius 1 is 0.938 bits per heavy atom. The smallest absolute Gasteiger partial charge is 0.260 e. The van der Waals surface area contributed by atoms with E-state index in [9.17, 15) is 13.2 Å². The maximum atomic E-state index is 12.6. The fourth-order valence-electron chi connectivity index (χ4n) is 3.75. The Labute approximate surface area is 187 Å². The number of anilines is 1. The van der Waals surface area contributed by atoms with Gasteiger partial charge in [-0.15, -0.1) is 0 Å². The maximum absolute atomic E-state index is 12.6.